The molecule has 1 amide bonds. The smallest absolute Gasteiger partial charge is 0.263 e. The molecule has 1 aromatic rings. The highest BCUT2D eigenvalue weighted by atomic mass is 35.5. The van der Waals surface area contributed by atoms with Gasteiger partial charge >= 0.3 is 0 Å². The summed E-state index contributed by atoms with van der Waals surface area (Å²) in [6.07, 6.45) is 3.41. The second-order valence-electron chi connectivity index (χ2n) is 3.07. The molecule has 0 aliphatic carbocycles. The Bertz CT molecular complexity index is 276. The summed E-state index contributed by atoms with van der Waals surface area (Å²) in [6, 6.07) is 0.170. The molecule has 0 saturated carbocycles. The quantitative estimate of drug-likeness (QED) is 0.792. The lowest BCUT2D eigenvalue weighted by Crippen LogP contribution is -2.32. The van der Waals surface area contributed by atoms with Gasteiger partial charge < -0.3 is 5.32 Å². The molecule has 0 aromatic carbocycles. The molecular weight excluding hydrogens is 220 g/mol. The molecule has 78 valence electrons. The number of amides is 1. The number of hydrogen-bond acceptors (Lipinski definition) is 3. The Labute approximate surface area is 92.5 Å². The van der Waals surface area contributed by atoms with Crippen LogP contribution in [0.3, 0.4) is 0 Å². The van der Waals surface area contributed by atoms with Crippen LogP contribution in [0.1, 0.15) is 29.4 Å². The molecular formula is C9H13ClN2OS. The number of aromatic nitrogens is 1. The van der Waals surface area contributed by atoms with Crippen molar-refractivity contribution in [2.45, 2.75) is 25.8 Å². The summed E-state index contributed by atoms with van der Waals surface area (Å²) in [7, 11) is 0. The molecule has 1 N–H and O–H groups in total. The van der Waals surface area contributed by atoms with Crippen molar-refractivity contribution in [2.24, 2.45) is 0 Å². The predicted molar refractivity (Wildman–Crippen MR) is 59.0 cm³/mol. The van der Waals surface area contributed by atoms with Crippen molar-refractivity contribution >= 4 is 28.8 Å². The van der Waals surface area contributed by atoms with Crippen LogP contribution in [-0.4, -0.2) is 22.8 Å². The highest BCUT2D eigenvalue weighted by Gasteiger charge is 2.10. The fraction of sp³-hybridized carbons (Fsp3) is 0.556. The van der Waals surface area contributed by atoms with Crippen LogP contribution in [0.15, 0.2) is 11.7 Å². The molecule has 1 rings (SSSR count). The van der Waals surface area contributed by atoms with E-state index in [4.69, 9.17) is 11.6 Å². The predicted octanol–water partition coefficient (Wildman–Crippen LogP) is 2.28. The van der Waals surface area contributed by atoms with Crippen molar-refractivity contribution < 1.29 is 4.79 Å². The maximum absolute atomic E-state index is 11.5. The normalized spacial score (nSPS) is 12.4. The van der Waals surface area contributed by atoms with Crippen molar-refractivity contribution in [1.29, 1.82) is 0 Å². The minimum absolute atomic E-state index is 0.0467. The number of carbonyl (C=O) groups excluding carboxylic acids is 1. The molecule has 1 unspecified atom stereocenters. The molecule has 0 bridgehead atoms. The topological polar surface area (TPSA) is 42.0 Å². The van der Waals surface area contributed by atoms with E-state index in [1.54, 1.807) is 11.7 Å². The first kappa shape index (κ1) is 11.5. The molecule has 0 spiro atoms. The van der Waals surface area contributed by atoms with Gasteiger partial charge in [-0.1, -0.05) is 0 Å². The van der Waals surface area contributed by atoms with E-state index >= 15 is 0 Å². The lowest BCUT2D eigenvalue weighted by Gasteiger charge is -2.11. The Balaban J connectivity index is 2.34. The summed E-state index contributed by atoms with van der Waals surface area (Å²) in [5, 5.41) is 2.89. The molecule has 0 aliphatic heterocycles. The van der Waals surface area contributed by atoms with Crippen LogP contribution in [0.2, 0.25) is 0 Å². The van der Waals surface area contributed by atoms with E-state index in [9.17, 15) is 4.79 Å². The lowest BCUT2D eigenvalue weighted by atomic mass is 10.2. The number of carbonyl (C=O) groups is 1. The van der Waals surface area contributed by atoms with Crippen molar-refractivity contribution in [3.63, 3.8) is 0 Å². The number of halogens is 1. The summed E-state index contributed by atoms with van der Waals surface area (Å²) >= 11 is 6.91. The molecule has 0 fully saturated rings. The highest BCUT2D eigenvalue weighted by molar-refractivity contribution is 7.11. The van der Waals surface area contributed by atoms with Crippen LogP contribution < -0.4 is 5.32 Å². The van der Waals surface area contributed by atoms with E-state index in [1.807, 2.05) is 6.92 Å². The number of hydrogen-bond donors (Lipinski definition) is 1. The fourth-order valence-corrected chi connectivity index (χ4v) is 1.76. The molecule has 0 aliphatic rings. The van der Waals surface area contributed by atoms with Gasteiger partial charge in [0.1, 0.15) is 4.88 Å². The Morgan fingerprint density at radius 3 is 3.14 bits per heavy atom. The van der Waals surface area contributed by atoms with E-state index < -0.39 is 0 Å². The van der Waals surface area contributed by atoms with E-state index in [0.717, 1.165) is 12.8 Å². The van der Waals surface area contributed by atoms with Gasteiger partial charge in [-0.2, -0.15) is 0 Å². The largest absolute Gasteiger partial charge is 0.349 e. The maximum Gasteiger partial charge on any atom is 0.263 e. The maximum atomic E-state index is 11.5. The number of nitrogens with zero attached hydrogens (tertiary/aromatic N) is 1. The summed E-state index contributed by atoms with van der Waals surface area (Å²) in [6.45, 7) is 1.98. The zero-order valence-electron chi connectivity index (χ0n) is 8.00. The molecule has 1 atom stereocenters. The number of rotatable bonds is 5. The van der Waals surface area contributed by atoms with Crippen LogP contribution in [-0.2, 0) is 0 Å². The number of alkyl halides is 1. The van der Waals surface area contributed by atoms with E-state index in [1.165, 1.54) is 11.3 Å². The number of nitrogens with one attached hydrogen (secondary N) is 1. The third-order valence-electron chi connectivity index (χ3n) is 1.80. The first-order chi connectivity index (χ1) is 6.74. The van der Waals surface area contributed by atoms with Crippen molar-refractivity contribution in [3.05, 3.63) is 16.6 Å². The minimum Gasteiger partial charge on any atom is -0.349 e. The Hall–Kier alpha value is -0.610. The highest BCUT2D eigenvalue weighted by Crippen LogP contribution is 2.06. The average Bonchev–Trinajstić information content (AvgIpc) is 2.67. The third kappa shape index (κ3) is 3.64. The van der Waals surface area contributed by atoms with Gasteiger partial charge in [0.25, 0.3) is 5.91 Å². The van der Waals surface area contributed by atoms with Gasteiger partial charge in [-0.25, -0.2) is 0 Å². The van der Waals surface area contributed by atoms with E-state index in [2.05, 4.69) is 10.3 Å². The second kappa shape index (κ2) is 5.98. The van der Waals surface area contributed by atoms with E-state index in [0.29, 0.717) is 10.8 Å². The van der Waals surface area contributed by atoms with Crippen LogP contribution in [0.5, 0.6) is 0 Å². The van der Waals surface area contributed by atoms with Gasteiger partial charge in [-0.3, -0.25) is 9.78 Å². The molecule has 1 heterocycles. The zero-order chi connectivity index (χ0) is 10.4. The summed E-state index contributed by atoms with van der Waals surface area (Å²) in [4.78, 5) is 16.0. The van der Waals surface area contributed by atoms with Crippen molar-refractivity contribution in [1.82, 2.24) is 10.3 Å². The van der Waals surface area contributed by atoms with Crippen LogP contribution >= 0.6 is 22.9 Å². The molecule has 0 radical (unpaired) electrons. The van der Waals surface area contributed by atoms with Gasteiger partial charge in [-0.05, 0) is 19.8 Å². The molecule has 3 nitrogen and oxygen atoms in total. The first-order valence-electron chi connectivity index (χ1n) is 4.49. The van der Waals surface area contributed by atoms with Crippen LogP contribution in [0, 0.1) is 0 Å². The van der Waals surface area contributed by atoms with Gasteiger partial charge in [-0.15, -0.1) is 22.9 Å². The summed E-state index contributed by atoms with van der Waals surface area (Å²) in [5.41, 5.74) is 1.65. The summed E-state index contributed by atoms with van der Waals surface area (Å²) in [5.74, 6) is 0.593. The minimum atomic E-state index is -0.0467. The number of thiazole rings is 1. The zero-order valence-corrected chi connectivity index (χ0v) is 9.57. The Morgan fingerprint density at radius 2 is 2.57 bits per heavy atom. The van der Waals surface area contributed by atoms with Crippen molar-refractivity contribution in [2.75, 3.05) is 5.88 Å². The standard InChI is InChI=1S/C9H13ClN2OS/c1-7(3-2-4-10)12-9(13)8-5-11-6-14-8/h5-7H,2-4H2,1H3,(H,12,13). The van der Waals surface area contributed by atoms with Crippen molar-refractivity contribution in [3.8, 4) is 0 Å². The second-order valence-corrected chi connectivity index (χ2v) is 4.34. The van der Waals surface area contributed by atoms with Crippen LogP contribution in [0.4, 0.5) is 0 Å². The fourth-order valence-electron chi connectivity index (χ4n) is 1.08. The molecule has 0 saturated heterocycles. The monoisotopic (exact) mass is 232 g/mol. The van der Waals surface area contributed by atoms with Gasteiger partial charge in [0, 0.05) is 11.9 Å². The third-order valence-corrected chi connectivity index (χ3v) is 2.84. The summed E-state index contributed by atoms with van der Waals surface area (Å²) < 4.78 is 0. The van der Waals surface area contributed by atoms with E-state index in [-0.39, 0.29) is 11.9 Å². The average molecular weight is 233 g/mol. The lowest BCUT2D eigenvalue weighted by molar-refractivity contribution is 0.0942. The first-order valence-corrected chi connectivity index (χ1v) is 5.90. The van der Waals surface area contributed by atoms with Gasteiger partial charge in [0.15, 0.2) is 0 Å². The molecule has 5 heteroatoms. The molecule has 14 heavy (non-hydrogen) atoms. The Morgan fingerprint density at radius 1 is 1.79 bits per heavy atom. The van der Waals surface area contributed by atoms with Crippen LogP contribution in [0.25, 0.3) is 0 Å². The molecule has 1 aromatic heterocycles. The Kier molecular flexibility index (Phi) is 4.90. The van der Waals surface area contributed by atoms with Gasteiger partial charge in [0.2, 0.25) is 0 Å². The van der Waals surface area contributed by atoms with Gasteiger partial charge in [0.05, 0.1) is 11.7 Å². The SMILES string of the molecule is CC(CCCCl)NC(=O)c1cncs1.